The van der Waals surface area contributed by atoms with Gasteiger partial charge in [0, 0.05) is 23.9 Å². The lowest BCUT2D eigenvalue weighted by molar-refractivity contribution is 0.0624. The SMILES string of the molecule is COc1cc(C(=O)N2CCn3nc(C4CC4)nc3[C@H]2C)nc2ccccc12. The summed E-state index contributed by atoms with van der Waals surface area (Å²) in [6.45, 7) is 3.26. The third-order valence-corrected chi connectivity index (χ3v) is 5.43. The molecule has 3 heterocycles. The summed E-state index contributed by atoms with van der Waals surface area (Å²) in [5, 5.41) is 5.53. The molecule has 3 aromatic rings. The first-order valence-corrected chi connectivity index (χ1v) is 9.35. The molecule has 0 unspecified atom stereocenters. The fourth-order valence-electron chi connectivity index (χ4n) is 3.74. The van der Waals surface area contributed by atoms with E-state index in [0.29, 0.717) is 30.5 Å². The van der Waals surface area contributed by atoms with Crippen LogP contribution >= 0.6 is 0 Å². The summed E-state index contributed by atoms with van der Waals surface area (Å²) in [6.07, 6.45) is 2.34. The summed E-state index contributed by atoms with van der Waals surface area (Å²) in [6, 6.07) is 9.28. The number of fused-ring (bicyclic) bond motifs is 2. The lowest BCUT2D eigenvalue weighted by atomic mass is 10.1. The normalized spacial score (nSPS) is 19.2. The lowest BCUT2D eigenvalue weighted by Crippen LogP contribution is -2.41. The highest BCUT2D eigenvalue weighted by atomic mass is 16.5. The first-order valence-electron chi connectivity index (χ1n) is 9.35. The van der Waals surface area contributed by atoms with Crippen molar-refractivity contribution in [1.29, 1.82) is 0 Å². The van der Waals surface area contributed by atoms with Crippen molar-refractivity contribution in [2.24, 2.45) is 0 Å². The molecule has 138 valence electrons. The van der Waals surface area contributed by atoms with E-state index in [1.165, 1.54) is 12.8 Å². The van der Waals surface area contributed by atoms with Gasteiger partial charge in [-0.1, -0.05) is 12.1 Å². The van der Waals surface area contributed by atoms with Crippen LogP contribution in [0.25, 0.3) is 10.9 Å². The summed E-state index contributed by atoms with van der Waals surface area (Å²) in [7, 11) is 1.61. The van der Waals surface area contributed by atoms with E-state index in [-0.39, 0.29) is 11.9 Å². The van der Waals surface area contributed by atoms with E-state index >= 15 is 0 Å². The number of benzene rings is 1. The van der Waals surface area contributed by atoms with Gasteiger partial charge in [-0.2, -0.15) is 5.10 Å². The Hall–Kier alpha value is -2.96. The zero-order valence-electron chi connectivity index (χ0n) is 15.4. The minimum atomic E-state index is -0.134. The predicted molar refractivity (Wildman–Crippen MR) is 99.7 cm³/mol. The van der Waals surface area contributed by atoms with Crippen molar-refractivity contribution in [3.05, 3.63) is 47.7 Å². The van der Waals surface area contributed by atoms with Crippen molar-refractivity contribution in [1.82, 2.24) is 24.6 Å². The van der Waals surface area contributed by atoms with E-state index < -0.39 is 0 Å². The van der Waals surface area contributed by atoms with Crippen molar-refractivity contribution in [2.45, 2.75) is 38.3 Å². The number of ether oxygens (including phenoxy) is 1. The Morgan fingerprint density at radius 1 is 1.19 bits per heavy atom. The summed E-state index contributed by atoms with van der Waals surface area (Å²) in [4.78, 5) is 24.4. The van der Waals surface area contributed by atoms with E-state index in [1.807, 2.05) is 40.8 Å². The van der Waals surface area contributed by atoms with Gasteiger partial charge in [-0.15, -0.1) is 0 Å². The zero-order chi connectivity index (χ0) is 18.5. The molecule has 7 heteroatoms. The van der Waals surface area contributed by atoms with Crippen LogP contribution in [0.3, 0.4) is 0 Å². The van der Waals surface area contributed by atoms with Crippen molar-refractivity contribution in [2.75, 3.05) is 13.7 Å². The number of pyridine rings is 1. The van der Waals surface area contributed by atoms with Crippen molar-refractivity contribution >= 4 is 16.8 Å². The summed E-state index contributed by atoms with van der Waals surface area (Å²) in [5.74, 6) is 2.85. The number of aromatic nitrogens is 4. The molecule has 1 aromatic carbocycles. The standard InChI is InChI=1S/C20H21N5O2/c1-12-19-22-18(13-7-8-13)23-25(19)10-9-24(12)20(26)16-11-17(27-2)14-5-3-4-6-15(14)21-16/h3-6,11-13H,7-10H2,1-2H3/t12-/m1/s1. The van der Waals surface area contributed by atoms with Gasteiger partial charge in [0.25, 0.3) is 5.91 Å². The molecule has 0 bridgehead atoms. The molecule has 1 amide bonds. The van der Waals surface area contributed by atoms with Gasteiger partial charge < -0.3 is 9.64 Å². The Kier molecular flexibility index (Phi) is 3.63. The van der Waals surface area contributed by atoms with Gasteiger partial charge in [0.2, 0.25) is 0 Å². The summed E-state index contributed by atoms with van der Waals surface area (Å²) < 4.78 is 7.44. The van der Waals surface area contributed by atoms with Crippen LogP contribution in [0, 0.1) is 0 Å². The number of carbonyl (C=O) groups is 1. The van der Waals surface area contributed by atoms with E-state index in [9.17, 15) is 4.79 Å². The second kappa shape index (κ2) is 6.04. The molecule has 0 radical (unpaired) electrons. The minimum Gasteiger partial charge on any atom is -0.496 e. The monoisotopic (exact) mass is 363 g/mol. The largest absolute Gasteiger partial charge is 0.496 e. The first-order chi connectivity index (χ1) is 13.2. The Morgan fingerprint density at radius 2 is 2.00 bits per heavy atom. The molecule has 2 aromatic heterocycles. The van der Waals surface area contributed by atoms with Crippen LogP contribution in [0.2, 0.25) is 0 Å². The number of nitrogens with zero attached hydrogens (tertiary/aromatic N) is 5. The number of carbonyl (C=O) groups excluding carboxylic acids is 1. The molecule has 0 saturated heterocycles. The van der Waals surface area contributed by atoms with Crippen LogP contribution < -0.4 is 4.74 Å². The maximum Gasteiger partial charge on any atom is 0.273 e. The van der Waals surface area contributed by atoms with Gasteiger partial charge in [-0.05, 0) is 31.9 Å². The molecule has 0 N–H and O–H groups in total. The van der Waals surface area contributed by atoms with Gasteiger partial charge in [-0.3, -0.25) is 4.79 Å². The fraction of sp³-hybridized carbons (Fsp3) is 0.400. The van der Waals surface area contributed by atoms with Crippen molar-refractivity contribution < 1.29 is 9.53 Å². The Morgan fingerprint density at radius 3 is 2.78 bits per heavy atom. The van der Waals surface area contributed by atoms with Crippen molar-refractivity contribution in [3.8, 4) is 5.75 Å². The Bertz CT molecular complexity index is 1040. The van der Waals surface area contributed by atoms with E-state index in [4.69, 9.17) is 9.72 Å². The fourth-order valence-corrected chi connectivity index (χ4v) is 3.74. The molecular weight excluding hydrogens is 342 g/mol. The number of amides is 1. The van der Waals surface area contributed by atoms with E-state index in [0.717, 1.165) is 22.6 Å². The highest BCUT2D eigenvalue weighted by Crippen LogP contribution is 2.39. The highest BCUT2D eigenvalue weighted by Gasteiger charge is 2.35. The van der Waals surface area contributed by atoms with Crippen LogP contribution in [-0.2, 0) is 6.54 Å². The number of hydrogen-bond acceptors (Lipinski definition) is 5. The average molecular weight is 363 g/mol. The molecule has 1 atom stereocenters. The Balaban J connectivity index is 1.49. The molecule has 1 aliphatic heterocycles. The molecule has 0 spiro atoms. The van der Waals surface area contributed by atoms with Gasteiger partial charge in [-0.25, -0.2) is 14.6 Å². The quantitative estimate of drug-likeness (QED) is 0.715. The maximum atomic E-state index is 13.2. The van der Waals surface area contributed by atoms with Crippen LogP contribution in [0.5, 0.6) is 5.75 Å². The number of para-hydroxylation sites is 1. The molecule has 2 aliphatic rings. The average Bonchev–Trinajstić information content (AvgIpc) is 3.46. The second-order valence-electron chi connectivity index (χ2n) is 7.23. The minimum absolute atomic E-state index is 0.103. The van der Waals surface area contributed by atoms with Gasteiger partial charge in [0.05, 0.1) is 25.2 Å². The van der Waals surface area contributed by atoms with E-state index in [1.54, 1.807) is 13.2 Å². The summed E-state index contributed by atoms with van der Waals surface area (Å²) >= 11 is 0. The maximum absolute atomic E-state index is 13.2. The molecular formula is C20H21N5O2. The smallest absolute Gasteiger partial charge is 0.273 e. The number of rotatable bonds is 3. The topological polar surface area (TPSA) is 73.1 Å². The van der Waals surface area contributed by atoms with Gasteiger partial charge >= 0.3 is 0 Å². The molecule has 1 aliphatic carbocycles. The molecule has 1 saturated carbocycles. The van der Waals surface area contributed by atoms with E-state index in [2.05, 4.69) is 10.1 Å². The highest BCUT2D eigenvalue weighted by molar-refractivity contribution is 5.97. The van der Waals surface area contributed by atoms with Gasteiger partial charge in [0.1, 0.15) is 17.3 Å². The first kappa shape index (κ1) is 16.2. The third-order valence-electron chi connectivity index (χ3n) is 5.43. The molecule has 1 fully saturated rings. The second-order valence-corrected chi connectivity index (χ2v) is 7.23. The summed E-state index contributed by atoms with van der Waals surface area (Å²) in [5.41, 5.74) is 1.15. The third kappa shape index (κ3) is 2.65. The molecule has 5 rings (SSSR count). The molecule has 7 nitrogen and oxygen atoms in total. The Labute approximate surface area is 157 Å². The van der Waals surface area contributed by atoms with Crippen molar-refractivity contribution in [3.63, 3.8) is 0 Å². The van der Waals surface area contributed by atoms with Crippen LogP contribution in [0.1, 0.15) is 53.9 Å². The van der Waals surface area contributed by atoms with Gasteiger partial charge in [0.15, 0.2) is 5.82 Å². The predicted octanol–water partition coefficient (Wildman–Crippen LogP) is 2.93. The van der Waals surface area contributed by atoms with Crippen LogP contribution in [0.15, 0.2) is 30.3 Å². The van der Waals surface area contributed by atoms with Crippen LogP contribution in [-0.4, -0.2) is 44.2 Å². The zero-order valence-corrected chi connectivity index (χ0v) is 15.4. The number of hydrogen-bond donors (Lipinski definition) is 0. The molecule has 27 heavy (non-hydrogen) atoms. The van der Waals surface area contributed by atoms with Crippen LogP contribution in [0.4, 0.5) is 0 Å². The number of methoxy groups -OCH3 is 1. The lowest BCUT2D eigenvalue weighted by Gasteiger charge is -2.32.